The summed E-state index contributed by atoms with van der Waals surface area (Å²) in [6.07, 6.45) is 0. The lowest BCUT2D eigenvalue weighted by molar-refractivity contribution is -0.115. The number of amides is 1. The van der Waals surface area contributed by atoms with Crippen molar-refractivity contribution in [3.05, 3.63) is 66.0 Å². The van der Waals surface area contributed by atoms with E-state index in [2.05, 4.69) is 21.2 Å². The van der Waals surface area contributed by atoms with Gasteiger partial charge in [0.05, 0.1) is 0 Å². The Balaban J connectivity index is 2.06. The second kappa shape index (κ2) is 5.78. The summed E-state index contributed by atoms with van der Waals surface area (Å²) in [5.74, 6) is -0.515. The molecule has 0 aliphatic heterocycles. The monoisotopic (exact) mass is 307 g/mol. The number of carbonyl (C=O) groups is 1. The first-order valence-corrected chi connectivity index (χ1v) is 6.34. The molecule has 0 aliphatic carbocycles. The topological polar surface area (TPSA) is 29.1 Å². The third-order valence-corrected chi connectivity index (χ3v) is 3.38. The second-order valence-electron chi connectivity index (χ2n) is 3.77. The van der Waals surface area contributed by atoms with Gasteiger partial charge in [0, 0.05) is 5.69 Å². The number of halogens is 2. The lowest BCUT2D eigenvalue weighted by Crippen LogP contribution is -2.16. The zero-order valence-electron chi connectivity index (χ0n) is 9.44. The van der Waals surface area contributed by atoms with Gasteiger partial charge in [0.25, 0.3) is 0 Å². The fraction of sp³-hybridized carbons (Fsp3) is 0.0714. The maximum absolute atomic E-state index is 12.7. The highest BCUT2D eigenvalue weighted by molar-refractivity contribution is 9.09. The molecule has 0 radical (unpaired) electrons. The Hall–Kier alpha value is -1.68. The van der Waals surface area contributed by atoms with Crippen molar-refractivity contribution in [1.29, 1.82) is 0 Å². The van der Waals surface area contributed by atoms with Crippen molar-refractivity contribution in [2.45, 2.75) is 4.83 Å². The number of anilines is 1. The van der Waals surface area contributed by atoms with E-state index < -0.39 is 4.83 Å². The summed E-state index contributed by atoms with van der Waals surface area (Å²) in [5, 5.41) is 2.71. The van der Waals surface area contributed by atoms with Crippen LogP contribution in [0.15, 0.2) is 54.6 Å². The lowest BCUT2D eigenvalue weighted by Gasteiger charge is -2.11. The molecule has 0 spiro atoms. The fourth-order valence-electron chi connectivity index (χ4n) is 1.51. The first kappa shape index (κ1) is 12.8. The molecule has 2 aromatic carbocycles. The van der Waals surface area contributed by atoms with Crippen molar-refractivity contribution >= 4 is 27.5 Å². The Kier molecular flexibility index (Phi) is 4.10. The van der Waals surface area contributed by atoms with E-state index in [4.69, 9.17) is 0 Å². The minimum absolute atomic E-state index is 0.187. The van der Waals surface area contributed by atoms with E-state index >= 15 is 0 Å². The van der Waals surface area contributed by atoms with Gasteiger partial charge in [0.1, 0.15) is 10.6 Å². The number of benzene rings is 2. The van der Waals surface area contributed by atoms with E-state index in [0.717, 1.165) is 5.56 Å². The maximum Gasteiger partial charge on any atom is 0.242 e. The van der Waals surface area contributed by atoms with Crippen molar-refractivity contribution in [3.63, 3.8) is 0 Å². The molecule has 18 heavy (non-hydrogen) atoms. The van der Waals surface area contributed by atoms with Gasteiger partial charge in [0.2, 0.25) is 5.91 Å². The standard InChI is InChI=1S/C14H11BrFNO/c15-13(10-4-2-1-3-5-10)14(18)17-12-8-6-11(16)7-9-12/h1-9,13H,(H,17,18)/t13-/m1/s1. The van der Waals surface area contributed by atoms with Crippen molar-refractivity contribution in [3.8, 4) is 0 Å². The van der Waals surface area contributed by atoms with Gasteiger partial charge in [-0.3, -0.25) is 4.79 Å². The molecule has 2 aromatic rings. The Bertz CT molecular complexity index is 527. The molecule has 1 amide bonds. The number of hydrogen-bond acceptors (Lipinski definition) is 1. The first-order valence-electron chi connectivity index (χ1n) is 5.42. The van der Waals surface area contributed by atoms with Crippen LogP contribution in [0.25, 0.3) is 0 Å². The number of hydrogen-bond donors (Lipinski definition) is 1. The molecule has 0 aromatic heterocycles. The van der Waals surface area contributed by atoms with Gasteiger partial charge in [-0.05, 0) is 29.8 Å². The summed E-state index contributed by atoms with van der Waals surface area (Å²) >= 11 is 3.34. The number of carbonyl (C=O) groups excluding carboxylic acids is 1. The minimum Gasteiger partial charge on any atom is -0.325 e. The summed E-state index contributed by atoms with van der Waals surface area (Å²) in [6.45, 7) is 0. The van der Waals surface area contributed by atoms with E-state index in [9.17, 15) is 9.18 Å². The molecule has 2 nitrogen and oxygen atoms in total. The summed E-state index contributed by atoms with van der Waals surface area (Å²) in [5.41, 5.74) is 1.44. The van der Waals surface area contributed by atoms with Crippen LogP contribution in [0.5, 0.6) is 0 Å². The van der Waals surface area contributed by atoms with Crippen LogP contribution in [-0.2, 0) is 4.79 Å². The van der Waals surface area contributed by atoms with Crippen molar-refractivity contribution in [2.24, 2.45) is 0 Å². The molecule has 92 valence electrons. The maximum atomic E-state index is 12.7. The van der Waals surface area contributed by atoms with E-state index in [1.165, 1.54) is 24.3 Å². The Morgan fingerprint density at radius 3 is 2.28 bits per heavy atom. The van der Waals surface area contributed by atoms with Gasteiger partial charge in [0.15, 0.2) is 0 Å². The number of nitrogens with one attached hydrogen (secondary N) is 1. The van der Waals surface area contributed by atoms with Gasteiger partial charge in [-0.2, -0.15) is 0 Å². The normalized spacial score (nSPS) is 11.9. The second-order valence-corrected chi connectivity index (χ2v) is 4.69. The molecule has 1 N–H and O–H groups in total. The van der Waals surface area contributed by atoms with Crippen molar-refractivity contribution in [1.82, 2.24) is 0 Å². The molecule has 0 bridgehead atoms. The molecule has 0 heterocycles. The molecular weight excluding hydrogens is 297 g/mol. The van der Waals surface area contributed by atoms with E-state index in [0.29, 0.717) is 5.69 Å². The largest absolute Gasteiger partial charge is 0.325 e. The number of alkyl halides is 1. The highest BCUT2D eigenvalue weighted by Gasteiger charge is 2.16. The molecule has 4 heteroatoms. The zero-order valence-corrected chi connectivity index (χ0v) is 11.0. The van der Waals surface area contributed by atoms with Crippen molar-refractivity contribution < 1.29 is 9.18 Å². The summed E-state index contributed by atoms with van der Waals surface area (Å²) in [6, 6.07) is 15.0. The lowest BCUT2D eigenvalue weighted by atomic mass is 10.1. The van der Waals surface area contributed by atoms with Crippen LogP contribution >= 0.6 is 15.9 Å². The van der Waals surface area contributed by atoms with E-state index in [1.54, 1.807) is 0 Å². The van der Waals surface area contributed by atoms with Crippen molar-refractivity contribution in [2.75, 3.05) is 5.32 Å². The molecule has 0 aliphatic rings. The van der Waals surface area contributed by atoms with Gasteiger partial charge in [-0.25, -0.2) is 4.39 Å². The van der Waals surface area contributed by atoms with Crippen LogP contribution in [0.3, 0.4) is 0 Å². The summed E-state index contributed by atoms with van der Waals surface area (Å²) in [4.78, 5) is 11.5. The van der Waals surface area contributed by atoms with Gasteiger partial charge < -0.3 is 5.32 Å². The van der Waals surface area contributed by atoms with E-state index in [1.807, 2.05) is 30.3 Å². The molecule has 2 rings (SSSR count). The SMILES string of the molecule is O=C(Nc1ccc(F)cc1)[C@H](Br)c1ccccc1. The Morgan fingerprint density at radius 1 is 1.06 bits per heavy atom. The fourth-order valence-corrected chi connectivity index (χ4v) is 1.93. The third-order valence-electron chi connectivity index (χ3n) is 2.43. The van der Waals surface area contributed by atoms with Gasteiger partial charge in [-0.1, -0.05) is 46.3 Å². The summed E-state index contributed by atoms with van der Waals surface area (Å²) < 4.78 is 12.7. The van der Waals surface area contributed by atoms with Gasteiger partial charge in [-0.15, -0.1) is 0 Å². The molecular formula is C14H11BrFNO. The smallest absolute Gasteiger partial charge is 0.242 e. The highest BCUT2D eigenvalue weighted by atomic mass is 79.9. The average molecular weight is 308 g/mol. The van der Waals surface area contributed by atoms with Gasteiger partial charge >= 0.3 is 0 Å². The van der Waals surface area contributed by atoms with Crippen LogP contribution in [-0.4, -0.2) is 5.91 Å². The zero-order chi connectivity index (χ0) is 13.0. The van der Waals surface area contributed by atoms with Crippen LogP contribution < -0.4 is 5.32 Å². The van der Waals surface area contributed by atoms with Crippen LogP contribution in [0.2, 0.25) is 0 Å². The summed E-state index contributed by atoms with van der Waals surface area (Å²) in [7, 11) is 0. The van der Waals surface area contributed by atoms with Crippen LogP contribution in [0, 0.1) is 5.82 Å². The predicted octanol–water partition coefficient (Wildman–Crippen LogP) is 3.90. The highest BCUT2D eigenvalue weighted by Crippen LogP contribution is 2.24. The molecule has 0 fully saturated rings. The average Bonchev–Trinajstić information content (AvgIpc) is 2.41. The predicted molar refractivity (Wildman–Crippen MR) is 73.1 cm³/mol. The van der Waals surface area contributed by atoms with E-state index in [-0.39, 0.29) is 11.7 Å². The Morgan fingerprint density at radius 2 is 1.67 bits per heavy atom. The van der Waals surface area contributed by atoms with Crippen LogP contribution in [0.1, 0.15) is 10.4 Å². The molecule has 0 saturated heterocycles. The molecule has 0 unspecified atom stereocenters. The van der Waals surface area contributed by atoms with Crippen LogP contribution in [0.4, 0.5) is 10.1 Å². The minimum atomic E-state index is -0.427. The first-order chi connectivity index (χ1) is 8.66. The third kappa shape index (κ3) is 3.17. The quantitative estimate of drug-likeness (QED) is 0.856. The Labute approximate surface area is 113 Å². The molecule has 0 saturated carbocycles. The molecule has 1 atom stereocenters. The number of rotatable bonds is 3.